The first-order chi connectivity index (χ1) is 7.49. The molecule has 94 valence electrons. The molecule has 1 N–H and O–H groups in total. The number of rotatable bonds is 2. The molecule has 1 heterocycles. The Bertz CT molecular complexity index is 229. The van der Waals surface area contributed by atoms with Crippen molar-refractivity contribution in [2.24, 2.45) is 0 Å². The van der Waals surface area contributed by atoms with E-state index in [4.69, 9.17) is 9.57 Å². The Kier molecular flexibility index (Phi) is 3.57. The van der Waals surface area contributed by atoms with E-state index in [1.54, 1.807) is 0 Å². The van der Waals surface area contributed by atoms with Crippen LogP contribution >= 0.6 is 0 Å². The van der Waals surface area contributed by atoms with Gasteiger partial charge in [0.05, 0.1) is 11.2 Å². The van der Waals surface area contributed by atoms with Crippen LogP contribution < -0.4 is 5.48 Å². The van der Waals surface area contributed by atoms with Gasteiger partial charge in [-0.25, -0.2) is 0 Å². The van der Waals surface area contributed by atoms with E-state index in [1.807, 2.05) is 0 Å². The highest BCUT2D eigenvalue weighted by Gasteiger charge is 2.40. The molecule has 0 amide bonds. The van der Waals surface area contributed by atoms with Crippen LogP contribution in [0.1, 0.15) is 59.3 Å². The molecule has 2 aliphatic rings. The highest BCUT2D eigenvalue weighted by molar-refractivity contribution is 4.92. The lowest BCUT2D eigenvalue weighted by molar-refractivity contribution is -0.138. The third-order valence-corrected chi connectivity index (χ3v) is 3.54. The first kappa shape index (κ1) is 12.3. The number of hydrogen-bond acceptors (Lipinski definition) is 3. The van der Waals surface area contributed by atoms with Gasteiger partial charge in [0.15, 0.2) is 0 Å². The molecule has 1 aliphatic carbocycles. The number of nitrogens with one attached hydrogen (secondary N) is 1. The lowest BCUT2D eigenvalue weighted by Gasteiger charge is -2.39. The fourth-order valence-corrected chi connectivity index (χ4v) is 2.76. The topological polar surface area (TPSA) is 30.5 Å². The van der Waals surface area contributed by atoms with Gasteiger partial charge in [-0.15, -0.1) is 0 Å². The van der Waals surface area contributed by atoms with Crippen molar-refractivity contribution in [1.82, 2.24) is 5.48 Å². The van der Waals surface area contributed by atoms with Crippen LogP contribution in [0.3, 0.4) is 0 Å². The lowest BCUT2D eigenvalue weighted by atomic mass is 9.89. The van der Waals surface area contributed by atoms with E-state index in [-0.39, 0.29) is 11.2 Å². The van der Waals surface area contributed by atoms with Gasteiger partial charge in [-0.05, 0) is 46.5 Å². The maximum atomic E-state index is 5.99. The van der Waals surface area contributed by atoms with Crippen LogP contribution in [0.4, 0.5) is 0 Å². The van der Waals surface area contributed by atoms with E-state index in [0.717, 1.165) is 19.4 Å². The van der Waals surface area contributed by atoms with Crippen molar-refractivity contribution in [1.29, 1.82) is 0 Å². The molecule has 1 unspecified atom stereocenters. The van der Waals surface area contributed by atoms with Gasteiger partial charge in [-0.2, -0.15) is 5.48 Å². The zero-order chi connectivity index (χ0) is 11.6. The van der Waals surface area contributed by atoms with Crippen molar-refractivity contribution in [3.63, 3.8) is 0 Å². The van der Waals surface area contributed by atoms with E-state index in [9.17, 15) is 0 Å². The highest BCUT2D eigenvalue weighted by atomic mass is 16.7. The summed E-state index contributed by atoms with van der Waals surface area (Å²) in [5.74, 6) is 0. The fourth-order valence-electron chi connectivity index (χ4n) is 2.76. The van der Waals surface area contributed by atoms with Crippen LogP contribution in [0.15, 0.2) is 0 Å². The maximum absolute atomic E-state index is 5.99. The van der Waals surface area contributed by atoms with Crippen LogP contribution in [0, 0.1) is 0 Å². The second kappa shape index (κ2) is 4.63. The molecule has 0 aromatic carbocycles. The maximum Gasteiger partial charge on any atom is 0.0813 e. The molecule has 1 saturated carbocycles. The number of hydrogen-bond donors (Lipinski definition) is 1. The summed E-state index contributed by atoms with van der Waals surface area (Å²) in [6.07, 6.45) is 7.31. The van der Waals surface area contributed by atoms with Gasteiger partial charge >= 0.3 is 0 Å². The largest absolute Gasteiger partial charge is 0.375 e. The predicted octanol–water partition coefficient (Wildman–Crippen LogP) is 2.80. The second-order valence-electron chi connectivity index (χ2n) is 6.26. The molecular formula is C13H25NO2. The summed E-state index contributed by atoms with van der Waals surface area (Å²) >= 11 is 0. The Morgan fingerprint density at radius 3 is 2.56 bits per heavy atom. The van der Waals surface area contributed by atoms with Crippen molar-refractivity contribution >= 4 is 0 Å². The summed E-state index contributed by atoms with van der Waals surface area (Å²) in [6, 6.07) is 0.464. The van der Waals surface area contributed by atoms with Crippen molar-refractivity contribution in [3.05, 3.63) is 0 Å². The Morgan fingerprint density at radius 1 is 1.25 bits per heavy atom. The monoisotopic (exact) mass is 227 g/mol. The van der Waals surface area contributed by atoms with Crippen LogP contribution in [-0.4, -0.2) is 23.9 Å². The Hall–Kier alpha value is -0.120. The first-order valence-corrected chi connectivity index (χ1v) is 6.57. The number of hydroxylamine groups is 1. The minimum absolute atomic E-state index is 0.110. The van der Waals surface area contributed by atoms with Crippen molar-refractivity contribution in [3.8, 4) is 0 Å². The third-order valence-electron chi connectivity index (χ3n) is 3.54. The van der Waals surface area contributed by atoms with E-state index in [2.05, 4.69) is 26.3 Å². The van der Waals surface area contributed by atoms with Crippen LogP contribution in [0.25, 0.3) is 0 Å². The zero-order valence-corrected chi connectivity index (χ0v) is 10.8. The minimum atomic E-state index is -0.110. The molecule has 0 bridgehead atoms. The zero-order valence-electron chi connectivity index (χ0n) is 10.8. The second-order valence-corrected chi connectivity index (χ2v) is 6.26. The van der Waals surface area contributed by atoms with Crippen molar-refractivity contribution in [2.45, 2.75) is 76.5 Å². The Morgan fingerprint density at radius 2 is 1.94 bits per heavy atom. The average Bonchev–Trinajstić information content (AvgIpc) is 2.63. The molecule has 1 aliphatic heterocycles. The van der Waals surface area contributed by atoms with E-state index in [1.165, 1.54) is 25.7 Å². The molecular weight excluding hydrogens is 202 g/mol. The van der Waals surface area contributed by atoms with Crippen molar-refractivity contribution < 1.29 is 9.57 Å². The van der Waals surface area contributed by atoms with Gasteiger partial charge in [-0.1, -0.05) is 12.8 Å². The summed E-state index contributed by atoms with van der Waals surface area (Å²) in [6.45, 7) is 7.10. The van der Waals surface area contributed by atoms with Gasteiger partial charge < -0.3 is 4.74 Å². The molecule has 0 aromatic heterocycles. The van der Waals surface area contributed by atoms with Gasteiger partial charge in [0.1, 0.15) is 0 Å². The molecule has 16 heavy (non-hydrogen) atoms. The fraction of sp³-hybridized carbons (Fsp3) is 1.00. The molecule has 3 heteroatoms. The van der Waals surface area contributed by atoms with Gasteiger partial charge in [0, 0.05) is 12.6 Å². The molecule has 0 aromatic rings. The lowest BCUT2D eigenvalue weighted by Crippen LogP contribution is -2.47. The minimum Gasteiger partial charge on any atom is -0.375 e. The summed E-state index contributed by atoms with van der Waals surface area (Å²) in [5.41, 5.74) is 3.30. The normalized spacial score (nSPS) is 29.8. The van der Waals surface area contributed by atoms with Crippen molar-refractivity contribution in [2.75, 3.05) is 6.61 Å². The summed E-state index contributed by atoms with van der Waals surface area (Å²) < 4.78 is 5.99. The molecule has 1 atom stereocenters. The standard InChI is InChI=1S/C13H25NO2/c1-12(2,3)16-14-11-6-9-15-13(10-11)7-4-5-8-13/h11,14H,4-10H2,1-3H3. The van der Waals surface area contributed by atoms with E-state index < -0.39 is 0 Å². The van der Waals surface area contributed by atoms with Gasteiger partial charge in [0.2, 0.25) is 0 Å². The molecule has 3 nitrogen and oxygen atoms in total. The third kappa shape index (κ3) is 3.19. The first-order valence-electron chi connectivity index (χ1n) is 6.57. The molecule has 2 fully saturated rings. The molecule has 1 saturated heterocycles. The summed E-state index contributed by atoms with van der Waals surface area (Å²) in [4.78, 5) is 5.67. The quantitative estimate of drug-likeness (QED) is 0.736. The SMILES string of the molecule is CC(C)(C)ONC1CCOC2(CCCC2)C1. The van der Waals surface area contributed by atoms with Crippen LogP contribution in [0.5, 0.6) is 0 Å². The Balaban J connectivity index is 1.82. The average molecular weight is 227 g/mol. The van der Waals surface area contributed by atoms with Gasteiger partial charge in [-0.3, -0.25) is 4.84 Å². The highest BCUT2D eigenvalue weighted by Crippen LogP contribution is 2.40. The van der Waals surface area contributed by atoms with Crippen LogP contribution in [0.2, 0.25) is 0 Å². The van der Waals surface area contributed by atoms with Gasteiger partial charge in [0.25, 0.3) is 0 Å². The smallest absolute Gasteiger partial charge is 0.0813 e. The Labute approximate surface area is 98.8 Å². The number of ether oxygens (including phenoxy) is 1. The van der Waals surface area contributed by atoms with E-state index >= 15 is 0 Å². The molecule has 2 rings (SSSR count). The molecule has 0 radical (unpaired) electrons. The predicted molar refractivity (Wildman–Crippen MR) is 64.1 cm³/mol. The molecule has 1 spiro atoms. The van der Waals surface area contributed by atoms with Crippen LogP contribution in [-0.2, 0) is 9.57 Å². The van der Waals surface area contributed by atoms with E-state index in [0.29, 0.717) is 6.04 Å². The summed E-state index contributed by atoms with van der Waals surface area (Å²) in [5, 5.41) is 0. The summed E-state index contributed by atoms with van der Waals surface area (Å²) in [7, 11) is 0.